The number of carboxylic acid groups (broad SMARTS) is 1. The van der Waals surface area contributed by atoms with Gasteiger partial charge < -0.3 is 32.2 Å². The van der Waals surface area contributed by atoms with Crippen LogP contribution < -0.4 is 9.47 Å². The minimum absolute atomic E-state index is 0. The van der Waals surface area contributed by atoms with Crippen LogP contribution in [0.15, 0.2) is 23.2 Å². The molecule has 11 heteroatoms. The molecule has 0 saturated carbocycles. The van der Waals surface area contributed by atoms with Crippen molar-refractivity contribution >= 4 is 45.2 Å². The number of carbonyl (C=O) groups is 1. The second-order valence-corrected chi connectivity index (χ2v) is 9.98. The Balaban J connectivity index is -0.000000215. The van der Waals surface area contributed by atoms with Gasteiger partial charge >= 0.3 is 0 Å². The van der Waals surface area contributed by atoms with Crippen LogP contribution in [0.25, 0.3) is 0 Å². The molecule has 180 valence electrons. The predicted octanol–water partition coefficient (Wildman–Crippen LogP) is 2.87. The van der Waals surface area contributed by atoms with Crippen molar-refractivity contribution in [2.75, 3.05) is 39.2 Å². The van der Waals surface area contributed by atoms with E-state index in [1.54, 1.807) is 39.2 Å². The van der Waals surface area contributed by atoms with Crippen LogP contribution >= 0.6 is 0 Å². The summed E-state index contributed by atoms with van der Waals surface area (Å²) in [4.78, 5) is 13.5. The van der Waals surface area contributed by atoms with Crippen LogP contribution in [0.1, 0.15) is 33.3 Å². The number of ether oxygens (including phenoxy) is 2. The van der Waals surface area contributed by atoms with Crippen LogP contribution in [-0.4, -0.2) is 69.3 Å². The average Bonchev–Trinajstić information content (AvgIpc) is 2.50. The van der Waals surface area contributed by atoms with E-state index >= 15 is 0 Å². The fraction of sp³-hybridized carbons (Fsp3) is 0.579. The number of hydrogen-bond donors (Lipinski definition) is 1. The van der Waals surface area contributed by atoms with Crippen molar-refractivity contribution in [1.29, 1.82) is 0 Å². The van der Waals surface area contributed by atoms with Crippen molar-refractivity contribution in [2.45, 2.75) is 33.2 Å². The molecule has 0 heterocycles. The molecule has 0 aromatic heterocycles. The van der Waals surface area contributed by atoms with Gasteiger partial charge in [-0.25, -0.2) is 0 Å². The fourth-order valence-corrected chi connectivity index (χ4v) is 1.90. The first-order valence-corrected chi connectivity index (χ1v) is 12.6. The molecule has 0 saturated heterocycles. The molecule has 0 aliphatic carbocycles. The second kappa shape index (κ2) is 20.1. The van der Waals surface area contributed by atoms with E-state index in [9.17, 15) is 8.42 Å². The van der Waals surface area contributed by atoms with E-state index < -0.39 is 27.6 Å². The molecule has 1 N–H and O–H groups in total. The van der Waals surface area contributed by atoms with E-state index in [1.807, 2.05) is 39.0 Å². The van der Waals surface area contributed by atoms with Crippen LogP contribution in [0.4, 0.5) is 0 Å². The molecule has 0 spiro atoms. The molecule has 0 unspecified atom stereocenters. The summed E-state index contributed by atoms with van der Waals surface area (Å²) in [5.74, 6) is 0.532. The van der Waals surface area contributed by atoms with Gasteiger partial charge in [0.15, 0.2) is 0 Å². The minimum atomic E-state index is -0.833. The Kier molecular flexibility index (Phi) is 24.4. The van der Waals surface area contributed by atoms with Crippen LogP contribution in [-0.2, 0) is 59.4 Å². The summed E-state index contributed by atoms with van der Waals surface area (Å²) in [7, 11) is 2.00. The van der Waals surface area contributed by atoms with Crippen molar-refractivity contribution in [3.05, 3.63) is 23.8 Å². The normalized spacial score (nSPS) is 10.2. The Labute approximate surface area is 205 Å². The Bertz CT molecular complexity index is 629. The largest absolute Gasteiger partial charge is 0.760 e. The van der Waals surface area contributed by atoms with Gasteiger partial charge in [-0.1, -0.05) is 11.1 Å². The van der Waals surface area contributed by atoms with Crippen LogP contribution in [0.3, 0.4) is 0 Å². The van der Waals surface area contributed by atoms with Crippen LogP contribution in [0.5, 0.6) is 11.5 Å². The number of hydrogen-bond acceptors (Lipinski definition) is 7. The number of carboxylic acids is 1. The first-order chi connectivity index (χ1) is 13.1. The Hall–Kier alpha value is -0.858. The molecule has 1 aromatic carbocycles. The van der Waals surface area contributed by atoms with Gasteiger partial charge in [0.25, 0.3) is 5.97 Å². The minimum Gasteiger partial charge on any atom is -0.760 e. The standard InChI is InChI=1S/C13H19NO2S.C2H4O2.2C2H6OS.Pd/c1-13(2,3)14-12(17)11-9(15-4)7-6-8-10(11)16-5;1-2(3)4;2*1-4(2)3;/h6-8H,1-5H3,(H,14,17);1H3,(H,3,4);2*1-2H3;/p-1. The number of benzene rings is 1. The smallest absolute Gasteiger partial charge is 0.300 e. The predicted molar refractivity (Wildman–Crippen MR) is 126 cm³/mol. The molecule has 0 aliphatic heterocycles. The SMILES string of the molecule is CC(=O)O.COc1cccc(OC)c1C([S-])=NC(C)(C)C.CS(C)=O.CS(C)=O.[Pd]. The molecule has 1 rings (SSSR count). The topological polar surface area (TPSA) is 102 Å². The van der Waals surface area contributed by atoms with E-state index in [4.69, 9.17) is 32.0 Å². The number of aliphatic carboxylic acids is 1. The van der Waals surface area contributed by atoms with Gasteiger partial charge in [0.05, 0.1) is 25.3 Å². The van der Waals surface area contributed by atoms with Gasteiger partial charge in [-0.15, -0.1) is 0 Å². The van der Waals surface area contributed by atoms with Gasteiger partial charge in [0.2, 0.25) is 0 Å². The Morgan fingerprint density at radius 3 is 1.47 bits per heavy atom. The van der Waals surface area contributed by atoms with Crippen molar-refractivity contribution < 1.29 is 48.2 Å². The summed E-state index contributed by atoms with van der Waals surface area (Å²) in [5, 5.41) is 7.92. The molecular weight excluding hydrogens is 541 g/mol. The van der Waals surface area contributed by atoms with E-state index in [2.05, 4.69) is 4.99 Å². The van der Waals surface area contributed by atoms with E-state index in [1.165, 1.54) is 0 Å². The Morgan fingerprint density at radius 2 is 1.27 bits per heavy atom. The van der Waals surface area contributed by atoms with Crippen molar-refractivity contribution in [3.63, 3.8) is 0 Å². The van der Waals surface area contributed by atoms with Crippen molar-refractivity contribution in [2.24, 2.45) is 4.99 Å². The molecule has 0 bridgehead atoms. The van der Waals surface area contributed by atoms with E-state index in [-0.39, 0.29) is 26.0 Å². The average molecular weight is 575 g/mol. The van der Waals surface area contributed by atoms with Gasteiger partial charge in [-0.3, -0.25) is 13.2 Å². The molecule has 0 amide bonds. The Morgan fingerprint density at radius 1 is 1.00 bits per heavy atom. The van der Waals surface area contributed by atoms with Crippen molar-refractivity contribution in [1.82, 2.24) is 0 Å². The summed E-state index contributed by atoms with van der Waals surface area (Å²) in [6.45, 7) is 7.09. The number of nitrogens with zero attached hydrogens (tertiary/aromatic N) is 1. The summed E-state index contributed by atoms with van der Waals surface area (Å²) < 4.78 is 29.7. The maximum Gasteiger partial charge on any atom is 0.300 e. The van der Waals surface area contributed by atoms with Gasteiger partial charge in [0.1, 0.15) is 11.5 Å². The maximum absolute atomic E-state index is 9.56. The number of methoxy groups -OCH3 is 2. The molecule has 7 nitrogen and oxygen atoms in total. The summed E-state index contributed by atoms with van der Waals surface area (Å²) in [6, 6.07) is 5.56. The molecule has 0 atom stereocenters. The summed E-state index contributed by atoms with van der Waals surface area (Å²) in [6.07, 6.45) is 6.56. The molecule has 0 fully saturated rings. The molecular formula is C19H34NO6PdS3-. The van der Waals surface area contributed by atoms with Gasteiger partial charge in [-0.05, 0) is 32.9 Å². The third kappa shape index (κ3) is 27.1. The van der Waals surface area contributed by atoms with Crippen LogP contribution in [0, 0.1) is 0 Å². The molecule has 1 aromatic rings. The zero-order valence-corrected chi connectivity index (χ0v) is 23.2. The number of rotatable bonds is 3. The molecule has 0 aliphatic rings. The molecule has 0 radical (unpaired) electrons. The first kappa shape index (κ1) is 36.5. The third-order valence-electron chi connectivity index (χ3n) is 2.08. The quantitative estimate of drug-likeness (QED) is 0.256. The van der Waals surface area contributed by atoms with E-state index in [0.29, 0.717) is 16.5 Å². The third-order valence-corrected chi connectivity index (χ3v) is 2.37. The van der Waals surface area contributed by atoms with Gasteiger partial charge in [-0.2, -0.15) is 0 Å². The monoisotopic (exact) mass is 574 g/mol. The fourth-order valence-electron chi connectivity index (χ4n) is 1.42. The summed E-state index contributed by atoms with van der Waals surface area (Å²) >= 11 is 5.35. The van der Waals surface area contributed by atoms with Crippen LogP contribution in [0.2, 0.25) is 0 Å². The zero-order valence-electron chi connectivity index (χ0n) is 19.2. The zero-order chi connectivity index (χ0) is 23.8. The first-order valence-electron chi connectivity index (χ1n) is 8.26. The summed E-state index contributed by atoms with van der Waals surface area (Å²) in [5.41, 5.74) is 0.519. The van der Waals surface area contributed by atoms with E-state index in [0.717, 1.165) is 12.5 Å². The number of aliphatic imine (C=N–C) groups is 1. The van der Waals surface area contributed by atoms with Gasteiger partial charge in [0, 0.05) is 74.0 Å². The maximum atomic E-state index is 9.56. The van der Waals surface area contributed by atoms with Crippen molar-refractivity contribution in [3.8, 4) is 11.5 Å². The molecule has 30 heavy (non-hydrogen) atoms. The second-order valence-electron chi connectivity index (χ2n) is 6.63.